The molecule has 29 heavy (non-hydrogen) atoms. The number of aryl methyl sites for hydroxylation is 2. The first-order chi connectivity index (χ1) is 13.8. The van der Waals surface area contributed by atoms with Crippen molar-refractivity contribution in [1.29, 1.82) is 0 Å². The van der Waals surface area contributed by atoms with Crippen LogP contribution in [0.1, 0.15) is 23.4 Å². The number of carbonyl (C=O) groups excluding carboxylic acids is 1. The fourth-order valence-electron chi connectivity index (χ4n) is 2.82. The molecule has 1 aromatic carbocycles. The number of halogens is 2. The second-order valence-electron chi connectivity index (χ2n) is 6.42. The van der Waals surface area contributed by atoms with Gasteiger partial charge in [-0.05, 0) is 26.0 Å². The Morgan fingerprint density at radius 2 is 1.93 bits per heavy atom. The van der Waals surface area contributed by atoms with Crippen molar-refractivity contribution in [1.82, 2.24) is 19.6 Å². The minimum atomic E-state index is -0.500. The number of nitro groups is 1. The Morgan fingerprint density at radius 3 is 2.55 bits per heavy atom. The van der Waals surface area contributed by atoms with Crippen LogP contribution in [0.5, 0.6) is 0 Å². The average molecular weight is 437 g/mol. The van der Waals surface area contributed by atoms with Crippen LogP contribution in [0.2, 0.25) is 10.0 Å². The summed E-state index contributed by atoms with van der Waals surface area (Å²) < 4.78 is 3.13. The predicted molar refractivity (Wildman–Crippen MR) is 109 cm³/mol. The van der Waals surface area contributed by atoms with Gasteiger partial charge >= 0.3 is 5.69 Å². The maximum absolute atomic E-state index is 12.2. The molecule has 0 aliphatic rings. The second kappa shape index (κ2) is 8.62. The van der Waals surface area contributed by atoms with Crippen molar-refractivity contribution in [3.8, 4) is 0 Å². The minimum Gasteiger partial charge on any atom is -0.309 e. The van der Waals surface area contributed by atoms with E-state index in [1.807, 2.05) is 6.92 Å². The van der Waals surface area contributed by atoms with E-state index in [2.05, 4.69) is 15.5 Å². The van der Waals surface area contributed by atoms with Crippen LogP contribution in [0, 0.1) is 24.0 Å². The summed E-state index contributed by atoms with van der Waals surface area (Å²) in [4.78, 5) is 22.6. The van der Waals surface area contributed by atoms with Gasteiger partial charge in [-0.15, -0.1) is 0 Å². The van der Waals surface area contributed by atoms with Crippen LogP contribution < -0.4 is 5.32 Å². The first-order valence-electron chi connectivity index (χ1n) is 8.70. The van der Waals surface area contributed by atoms with Crippen molar-refractivity contribution >= 4 is 40.6 Å². The fourth-order valence-corrected chi connectivity index (χ4v) is 3.34. The highest BCUT2D eigenvalue weighted by molar-refractivity contribution is 6.35. The van der Waals surface area contributed by atoms with Crippen molar-refractivity contribution in [2.24, 2.45) is 0 Å². The molecule has 0 saturated heterocycles. The zero-order chi connectivity index (χ0) is 21.1. The van der Waals surface area contributed by atoms with Crippen LogP contribution in [0.15, 0.2) is 30.5 Å². The van der Waals surface area contributed by atoms with Crippen molar-refractivity contribution in [2.75, 3.05) is 5.32 Å². The molecule has 0 saturated carbocycles. The lowest BCUT2D eigenvalue weighted by Gasteiger charge is -2.08. The second-order valence-corrected chi connectivity index (χ2v) is 7.24. The summed E-state index contributed by atoms with van der Waals surface area (Å²) in [5.41, 5.74) is 1.91. The van der Waals surface area contributed by atoms with E-state index in [-0.39, 0.29) is 24.6 Å². The van der Waals surface area contributed by atoms with E-state index in [0.29, 0.717) is 28.1 Å². The summed E-state index contributed by atoms with van der Waals surface area (Å²) in [6.45, 7) is 4.05. The molecule has 0 aliphatic carbocycles. The summed E-state index contributed by atoms with van der Waals surface area (Å²) in [5, 5.41) is 23.0. The summed E-state index contributed by atoms with van der Waals surface area (Å²) in [6.07, 6.45) is 1.28. The molecule has 0 bridgehead atoms. The fraction of sp³-hybridized carbons (Fsp3) is 0.278. The Bertz CT molecular complexity index is 1060. The molecule has 152 valence electrons. The summed E-state index contributed by atoms with van der Waals surface area (Å²) in [5.74, 6) is 0.127. The first-order valence-corrected chi connectivity index (χ1v) is 9.46. The van der Waals surface area contributed by atoms with Crippen LogP contribution in [-0.2, 0) is 17.9 Å². The average Bonchev–Trinajstić information content (AvgIpc) is 3.18. The molecule has 0 aliphatic heterocycles. The maximum Gasteiger partial charge on any atom is 0.309 e. The van der Waals surface area contributed by atoms with Gasteiger partial charge in [-0.1, -0.05) is 29.3 Å². The SMILES string of the molecule is Cc1cc(NC(=O)CCn2ncc([N+](=O)[O-])c2C)nn1Cc1c(Cl)cccc1Cl. The van der Waals surface area contributed by atoms with E-state index in [1.165, 1.54) is 10.9 Å². The van der Waals surface area contributed by atoms with Crippen molar-refractivity contribution in [2.45, 2.75) is 33.4 Å². The molecule has 2 heterocycles. The third-order valence-electron chi connectivity index (χ3n) is 4.44. The monoisotopic (exact) mass is 436 g/mol. The van der Waals surface area contributed by atoms with Gasteiger partial charge in [-0.2, -0.15) is 10.2 Å². The Labute approximate surface area is 176 Å². The van der Waals surface area contributed by atoms with Crippen molar-refractivity contribution in [3.05, 3.63) is 67.6 Å². The van der Waals surface area contributed by atoms with Gasteiger partial charge in [0, 0.05) is 33.8 Å². The maximum atomic E-state index is 12.2. The quantitative estimate of drug-likeness (QED) is 0.444. The normalized spacial score (nSPS) is 10.9. The molecule has 3 aromatic rings. The van der Waals surface area contributed by atoms with Gasteiger partial charge in [0.1, 0.15) is 11.9 Å². The third kappa shape index (κ3) is 4.75. The number of aromatic nitrogens is 4. The predicted octanol–water partition coefficient (Wildman–Crippen LogP) is 3.99. The summed E-state index contributed by atoms with van der Waals surface area (Å²) >= 11 is 12.4. The highest BCUT2D eigenvalue weighted by Gasteiger charge is 2.17. The highest BCUT2D eigenvalue weighted by Crippen LogP contribution is 2.26. The smallest absolute Gasteiger partial charge is 0.309 e. The van der Waals surface area contributed by atoms with Crippen LogP contribution in [0.3, 0.4) is 0 Å². The largest absolute Gasteiger partial charge is 0.309 e. The number of nitrogens with zero attached hydrogens (tertiary/aromatic N) is 5. The molecule has 0 atom stereocenters. The van der Waals surface area contributed by atoms with Gasteiger partial charge in [-0.25, -0.2) is 0 Å². The Morgan fingerprint density at radius 1 is 1.24 bits per heavy atom. The third-order valence-corrected chi connectivity index (χ3v) is 5.15. The number of hydrogen-bond acceptors (Lipinski definition) is 5. The van der Waals surface area contributed by atoms with Gasteiger partial charge in [-0.3, -0.25) is 24.3 Å². The van der Waals surface area contributed by atoms with Gasteiger partial charge in [0.2, 0.25) is 5.91 Å². The minimum absolute atomic E-state index is 0.0713. The molecule has 0 radical (unpaired) electrons. The molecule has 0 unspecified atom stereocenters. The Kier molecular flexibility index (Phi) is 6.19. The molecule has 2 aromatic heterocycles. The topological polar surface area (TPSA) is 108 Å². The van der Waals surface area contributed by atoms with E-state index < -0.39 is 4.92 Å². The van der Waals surface area contributed by atoms with Crippen LogP contribution in [-0.4, -0.2) is 30.4 Å². The van der Waals surface area contributed by atoms with Crippen LogP contribution in [0.25, 0.3) is 0 Å². The number of carbonyl (C=O) groups is 1. The van der Waals surface area contributed by atoms with E-state index in [4.69, 9.17) is 23.2 Å². The van der Waals surface area contributed by atoms with E-state index >= 15 is 0 Å². The molecule has 0 fully saturated rings. The van der Waals surface area contributed by atoms with E-state index in [1.54, 1.807) is 35.9 Å². The number of benzene rings is 1. The molecule has 1 N–H and O–H groups in total. The van der Waals surface area contributed by atoms with Crippen LogP contribution in [0.4, 0.5) is 11.5 Å². The zero-order valence-corrected chi connectivity index (χ0v) is 17.2. The number of hydrogen-bond donors (Lipinski definition) is 1. The lowest BCUT2D eigenvalue weighted by molar-refractivity contribution is -0.385. The van der Waals surface area contributed by atoms with Crippen molar-refractivity contribution < 1.29 is 9.72 Å². The van der Waals surface area contributed by atoms with E-state index in [0.717, 1.165) is 11.3 Å². The Hall–Kier alpha value is -2.91. The molecule has 9 nitrogen and oxygen atoms in total. The standard InChI is InChI=1S/C18H18Cl2N6O3/c1-11-8-17(23-25(11)10-13-14(19)4-3-5-15(13)20)22-18(27)6-7-24-12(2)16(9-21-24)26(28)29/h3-5,8-9H,6-7,10H2,1-2H3,(H,22,23,27). The number of amides is 1. The summed E-state index contributed by atoms with van der Waals surface area (Å²) in [7, 11) is 0. The zero-order valence-electron chi connectivity index (χ0n) is 15.7. The Balaban J connectivity index is 1.63. The molecule has 3 rings (SSSR count). The molecular formula is C18H18Cl2N6O3. The van der Waals surface area contributed by atoms with Gasteiger partial charge < -0.3 is 5.32 Å². The number of rotatable bonds is 7. The molecule has 11 heteroatoms. The first kappa shape index (κ1) is 20.8. The van der Waals surface area contributed by atoms with Gasteiger partial charge in [0.05, 0.1) is 18.0 Å². The molecule has 1 amide bonds. The molecular weight excluding hydrogens is 419 g/mol. The van der Waals surface area contributed by atoms with Crippen LogP contribution >= 0.6 is 23.2 Å². The highest BCUT2D eigenvalue weighted by atomic mass is 35.5. The lowest BCUT2D eigenvalue weighted by Crippen LogP contribution is -2.16. The summed E-state index contributed by atoms with van der Waals surface area (Å²) in [6, 6.07) is 7.02. The van der Waals surface area contributed by atoms with Gasteiger partial charge in [0.25, 0.3) is 0 Å². The van der Waals surface area contributed by atoms with Crippen molar-refractivity contribution in [3.63, 3.8) is 0 Å². The van der Waals surface area contributed by atoms with E-state index in [9.17, 15) is 14.9 Å². The lowest BCUT2D eigenvalue weighted by atomic mass is 10.2. The molecule has 0 spiro atoms. The van der Waals surface area contributed by atoms with Gasteiger partial charge in [0.15, 0.2) is 5.82 Å². The number of anilines is 1. The number of nitrogens with one attached hydrogen (secondary N) is 1.